The summed E-state index contributed by atoms with van der Waals surface area (Å²) in [6.45, 7) is 5.71. The average molecular weight is 406 g/mol. The first kappa shape index (κ1) is 18.8. The Bertz CT molecular complexity index is 905. The SMILES string of the molecule is CCc1cccc(C)c1Nc1nnc(SCc2csc(NC(C)=O)n2)s1. The molecule has 26 heavy (non-hydrogen) atoms. The summed E-state index contributed by atoms with van der Waals surface area (Å²) >= 11 is 4.54. The Morgan fingerprint density at radius 2 is 2.12 bits per heavy atom. The van der Waals surface area contributed by atoms with Gasteiger partial charge in [0.05, 0.1) is 5.69 Å². The lowest BCUT2D eigenvalue weighted by molar-refractivity contribution is -0.114. The van der Waals surface area contributed by atoms with E-state index < -0.39 is 0 Å². The van der Waals surface area contributed by atoms with Crippen molar-refractivity contribution in [3.63, 3.8) is 0 Å². The minimum absolute atomic E-state index is 0.110. The fourth-order valence-electron chi connectivity index (χ4n) is 2.34. The second kappa shape index (κ2) is 8.61. The molecule has 0 spiro atoms. The summed E-state index contributed by atoms with van der Waals surface area (Å²) < 4.78 is 0.883. The second-order valence-electron chi connectivity index (χ2n) is 5.57. The highest BCUT2D eigenvalue weighted by Crippen LogP contribution is 2.32. The van der Waals surface area contributed by atoms with Crippen LogP contribution in [0, 0.1) is 6.92 Å². The van der Waals surface area contributed by atoms with Gasteiger partial charge in [-0.1, -0.05) is 48.2 Å². The van der Waals surface area contributed by atoms with Gasteiger partial charge in [0.1, 0.15) is 0 Å². The maximum absolute atomic E-state index is 11.1. The van der Waals surface area contributed by atoms with E-state index >= 15 is 0 Å². The molecule has 1 amide bonds. The highest BCUT2D eigenvalue weighted by Gasteiger charge is 2.10. The molecular weight excluding hydrogens is 386 g/mol. The molecule has 0 aliphatic carbocycles. The fraction of sp³-hybridized carbons (Fsp3) is 0.294. The molecule has 2 aromatic heterocycles. The van der Waals surface area contributed by atoms with E-state index in [1.807, 2.05) is 5.38 Å². The van der Waals surface area contributed by atoms with Crippen molar-refractivity contribution < 1.29 is 4.79 Å². The number of aryl methyl sites for hydroxylation is 2. The first-order valence-corrected chi connectivity index (χ1v) is 10.8. The van der Waals surface area contributed by atoms with Crippen LogP contribution in [0.2, 0.25) is 0 Å². The molecule has 2 heterocycles. The number of hydrogen-bond donors (Lipinski definition) is 2. The van der Waals surface area contributed by atoms with Gasteiger partial charge in [-0.2, -0.15) is 0 Å². The van der Waals surface area contributed by atoms with Gasteiger partial charge in [0, 0.05) is 23.7 Å². The molecule has 0 saturated heterocycles. The third-order valence-corrected chi connectivity index (χ3v) is 6.37. The van der Waals surface area contributed by atoms with E-state index in [1.165, 1.54) is 40.7 Å². The van der Waals surface area contributed by atoms with Crippen LogP contribution in [0.15, 0.2) is 27.9 Å². The lowest BCUT2D eigenvalue weighted by atomic mass is 10.1. The van der Waals surface area contributed by atoms with Crippen molar-refractivity contribution >= 4 is 56.3 Å². The normalized spacial score (nSPS) is 10.7. The Balaban J connectivity index is 1.62. The molecule has 0 atom stereocenters. The van der Waals surface area contributed by atoms with Gasteiger partial charge in [0.2, 0.25) is 11.0 Å². The number of aromatic nitrogens is 3. The second-order valence-corrected chi connectivity index (χ2v) is 8.63. The number of benzene rings is 1. The largest absolute Gasteiger partial charge is 0.330 e. The molecule has 0 aliphatic heterocycles. The quantitative estimate of drug-likeness (QED) is 0.547. The predicted octanol–water partition coefficient (Wildman–Crippen LogP) is 4.86. The standard InChI is InChI=1S/C17H19N5OS3/c1-4-12-7-5-6-10(2)14(12)20-16-21-22-17(26-16)25-9-13-8-24-15(19-13)18-11(3)23/h5-8H,4,9H2,1-3H3,(H,20,21)(H,18,19,23). The highest BCUT2D eigenvalue weighted by atomic mass is 32.2. The Hall–Kier alpha value is -1.97. The summed E-state index contributed by atoms with van der Waals surface area (Å²) in [4.78, 5) is 15.4. The number of anilines is 3. The summed E-state index contributed by atoms with van der Waals surface area (Å²) in [5.41, 5.74) is 4.49. The van der Waals surface area contributed by atoms with Crippen LogP contribution in [-0.4, -0.2) is 21.1 Å². The minimum atomic E-state index is -0.110. The molecule has 6 nitrogen and oxygen atoms in total. The number of carbonyl (C=O) groups excluding carboxylic acids is 1. The summed E-state index contributed by atoms with van der Waals surface area (Å²) in [7, 11) is 0. The maximum atomic E-state index is 11.1. The van der Waals surface area contributed by atoms with Gasteiger partial charge in [-0.15, -0.1) is 21.5 Å². The molecule has 0 fully saturated rings. The van der Waals surface area contributed by atoms with E-state index in [0.717, 1.165) is 27.3 Å². The summed E-state index contributed by atoms with van der Waals surface area (Å²) in [5.74, 6) is 0.580. The zero-order valence-corrected chi connectivity index (χ0v) is 17.1. The van der Waals surface area contributed by atoms with Gasteiger partial charge in [-0.25, -0.2) is 4.98 Å². The van der Waals surface area contributed by atoms with Gasteiger partial charge < -0.3 is 10.6 Å². The van der Waals surface area contributed by atoms with Crippen molar-refractivity contribution in [2.75, 3.05) is 10.6 Å². The minimum Gasteiger partial charge on any atom is -0.330 e. The zero-order chi connectivity index (χ0) is 18.5. The van der Waals surface area contributed by atoms with E-state index in [4.69, 9.17) is 0 Å². The Kier molecular flexibility index (Phi) is 6.23. The lowest BCUT2D eigenvalue weighted by Crippen LogP contribution is -2.05. The highest BCUT2D eigenvalue weighted by molar-refractivity contribution is 8.00. The number of thiazole rings is 1. The van der Waals surface area contributed by atoms with E-state index in [9.17, 15) is 4.79 Å². The van der Waals surface area contributed by atoms with Crippen LogP contribution in [0.1, 0.15) is 30.7 Å². The predicted molar refractivity (Wildman–Crippen MR) is 110 cm³/mol. The number of nitrogens with one attached hydrogen (secondary N) is 2. The number of amides is 1. The number of para-hydroxylation sites is 1. The maximum Gasteiger partial charge on any atom is 0.223 e. The summed E-state index contributed by atoms with van der Waals surface area (Å²) in [5, 5.41) is 17.9. The van der Waals surface area contributed by atoms with Crippen LogP contribution in [0.4, 0.5) is 16.0 Å². The van der Waals surface area contributed by atoms with E-state index in [2.05, 4.69) is 57.9 Å². The number of rotatable bonds is 7. The van der Waals surface area contributed by atoms with Crippen molar-refractivity contribution in [1.82, 2.24) is 15.2 Å². The fourth-order valence-corrected chi connectivity index (χ4v) is 4.86. The molecule has 0 aliphatic rings. The van der Waals surface area contributed by atoms with Crippen LogP contribution in [-0.2, 0) is 17.0 Å². The number of nitrogens with zero attached hydrogens (tertiary/aromatic N) is 3. The van der Waals surface area contributed by atoms with Gasteiger partial charge in [0.25, 0.3) is 0 Å². The number of carbonyl (C=O) groups is 1. The molecule has 0 bridgehead atoms. The molecular formula is C17H19N5OS3. The Labute approximate surface area is 164 Å². The summed E-state index contributed by atoms with van der Waals surface area (Å²) in [6.07, 6.45) is 0.963. The van der Waals surface area contributed by atoms with Crippen LogP contribution in [0.5, 0.6) is 0 Å². The monoisotopic (exact) mass is 405 g/mol. The first-order chi connectivity index (χ1) is 12.5. The van der Waals surface area contributed by atoms with Gasteiger partial charge >= 0.3 is 0 Å². The van der Waals surface area contributed by atoms with Crippen LogP contribution < -0.4 is 10.6 Å². The average Bonchev–Trinajstić information content (AvgIpc) is 3.23. The van der Waals surface area contributed by atoms with Crippen molar-refractivity contribution in [2.45, 2.75) is 37.3 Å². The Morgan fingerprint density at radius 1 is 1.27 bits per heavy atom. The molecule has 0 saturated carbocycles. The lowest BCUT2D eigenvalue weighted by Gasteiger charge is -2.11. The van der Waals surface area contributed by atoms with Crippen molar-refractivity contribution in [1.29, 1.82) is 0 Å². The first-order valence-electron chi connectivity index (χ1n) is 8.09. The molecule has 0 radical (unpaired) electrons. The molecule has 1 aromatic carbocycles. The Morgan fingerprint density at radius 3 is 2.88 bits per heavy atom. The molecule has 9 heteroatoms. The van der Waals surface area contributed by atoms with Gasteiger partial charge in [-0.3, -0.25) is 4.79 Å². The number of thioether (sulfide) groups is 1. The van der Waals surface area contributed by atoms with E-state index in [-0.39, 0.29) is 5.91 Å². The van der Waals surface area contributed by atoms with Crippen LogP contribution >= 0.6 is 34.4 Å². The molecule has 3 rings (SSSR count). The third-order valence-electron chi connectivity index (χ3n) is 3.56. The van der Waals surface area contributed by atoms with Crippen molar-refractivity contribution in [3.8, 4) is 0 Å². The van der Waals surface area contributed by atoms with Crippen LogP contribution in [0.3, 0.4) is 0 Å². The molecule has 136 valence electrons. The number of hydrogen-bond acceptors (Lipinski definition) is 8. The summed E-state index contributed by atoms with van der Waals surface area (Å²) in [6, 6.07) is 6.29. The van der Waals surface area contributed by atoms with E-state index in [1.54, 1.807) is 11.8 Å². The van der Waals surface area contributed by atoms with Gasteiger partial charge in [-0.05, 0) is 24.5 Å². The van der Waals surface area contributed by atoms with Crippen molar-refractivity contribution in [3.05, 3.63) is 40.4 Å². The van der Waals surface area contributed by atoms with Crippen LogP contribution in [0.25, 0.3) is 0 Å². The van der Waals surface area contributed by atoms with E-state index in [0.29, 0.717) is 10.9 Å². The van der Waals surface area contributed by atoms with Gasteiger partial charge in [0.15, 0.2) is 9.47 Å². The zero-order valence-electron chi connectivity index (χ0n) is 14.7. The smallest absolute Gasteiger partial charge is 0.223 e. The molecule has 2 N–H and O–H groups in total. The third kappa shape index (κ3) is 4.80. The van der Waals surface area contributed by atoms with Crippen molar-refractivity contribution in [2.24, 2.45) is 0 Å². The topological polar surface area (TPSA) is 79.8 Å². The molecule has 0 unspecified atom stereocenters. The molecule has 3 aromatic rings.